The van der Waals surface area contributed by atoms with Crippen LogP contribution in [-0.2, 0) is 19.1 Å². The van der Waals surface area contributed by atoms with Gasteiger partial charge in [-0.15, -0.1) is 0 Å². The van der Waals surface area contributed by atoms with Crippen LogP contribution in [0.2, 0.25) is 0 Å². The van der Waals surface area contributed by atoms with Crippen molar-refractivity contribution in [2.45, 2.75) is 45.8 Å². The van der Waals surface area contributed by atoms with Crippen molar-refractivity contribution in [3.05, 3.63) is 34.9 Å². The average Bonchev–Trinajstić information content (AvgIpc) is 2.71. The number of alkyl halides is 3. The summed E-state index contributed by atoms with van der Waals surface area (Å²) in [5.74, 6) is -1.54. The van der Waals surface area contributed by atoms with E-state index in [1.807, 2.05) is 39.0 Å². The lowest BCUT2D eigenvalue weighted by molar-refractivity contribution is -0.163. The minimum atomic E-state index is -4.59. The number of amides is 2. The molecule has 0 bridgehead atoms. The van der Waals surface area contributed by atoms with E-state index in [-0.39, 0.29) is 32.0 Å². The summed E-state index contributed by atoms with van der Waals surface area (Å²) in [6.45, 7) is 3.88. The van der Waals surface area contributed by atoms with Gasteiger partial charge in [0.25, 0.3) is 5.91 Å². The monoisotopic (exact) mass is 444 g/mol. The SMILES string of the molecule is Cc1ccc(C(C)NC(=O)COC(=O)C2CCN(C(=O)OCC(F)(F)F)CC2)cc1C. The van der Waals surface area contributed by atoms with Gasteiger partial charge in [-0.25, -0.2) is 4.79 Å². The zero-order valence-electron chi connectivity index (χ0n) is 17.8. The molecule has 2 rings (SSSR count). The van der Waals surface area contributed by atoms with Gasteiger partial charge in [0.05, 0.1) is 12.0 Å². The van der Waals surface area contributed by atoms with Crippen molar-refractivity contribution < 1.29 is 37.0 Å². The number of aryl methyl sites for hydroxylation is 2. The molecule has 1 aromatic rings. The van der Waals surface area contributed by atoms with Gasteiger partial charge in [0.1, 0.15) is 0 Å². The number of nitrogens with one attached hydrogen (secondary N) is 1. The van der Waals surface area contributed by atoms with E-state index in [2.05, 4.69) is 10.1 Å². The van der Waals surface area contributed by atoms with E-state index in [1.54, 1.807) is 0 Å². The Labute approximate surface area is 178 Å². The molecule has 7 nitrogen and oxygen atoms in total. The van der Waals surface area contributed by atoms with Crippen molar-refractivity contribution >= 4 is 18.0 Å². The van der Waals surface area contributed by atoms with Crippen LogP contribution in [0.3, 0.4) is 0 Å². The number of carbonyl (C=O) groups excluding carboxylic acids is 3. The van der Waals surface area contributed by atoms with Gasteiger partial charge in [-0.3, -0.25) is 9.59 Å². The summed E-state index contributed by atoms with van der Waals surface area (Å²) in [5.41, 5.74) is 3.20. The number of rotatable bonds is 6. The molecule has 1 aliphatic heterocycles. The maximum absolute atomic E-state index is 12.2. The third-order valence-electron chi connectivity index (χ3n) is 5.20. The smallest absolute Gasteiger partial charge is 0.422 e. The quantitative estimate of drug-likeness (QED) is 0.680. The fourth-order valence-corrected chi connectivity index (χ4v) is 3.19. The molecule has 172 valence electrons. The Hall–Kier alpha value is -2.78. The molecule has 31 heavy (non-hydrogen) atoms. The van der Waals surface area contributed by atoms with Crippen LogP contribution in [0.5, 0.6) is 0 Å². The third-order valence-corrected chi connectivity index (χ3v) is 5.20. The fraction of sp³-hybridized carbons (Fsp3) is 0.571. The van der Waals surface area contributed by atoms with Crippen molar-refractivity contribution in [2.24, 2.45) is 5.92 Å². The van der Waals surface area contributed by atoms with Crippen LogP contribution in [0.25, 0.3) is 0 Å². The molecule has 0 radical (unpaired) electrons. The van der Waals surface area contributed by atoms with Crippen LogP contribution in [-0.4, -0.2) is 55.3 Å². The summed E-state index contributed by atoms with van der Waals surface area (Å²) in [4.78, 5) is 37.0. The Bertz CT molecular complexity index is 805. The predicted octanol–water partition coefficient (Wildman–Crippen LogP) is 3.43. The number of esters is 1. The van der Waals surface area contributed by atoms with Crippen molar-refractivity contribution in [3.63, 3.8) is 0 Å². The highest BCUT2D eigenvalue weighted by Crippen LogP contribution is 2.21. The van der Waals surface area contributed by atoms with E-state index in [0.717, 1.165) is 21.6 Å². The summed E-state index contributed by atoms with van der Waals surface area (Å²) >= 11 is 0. The Morgan fingerprint density at radius 3 is 2.35 bits per heavy atom. The van der Waals surface area contributed by atoms with E-state index >= 15 is 0 Å². The Kier molecular flexibility index (Phi) is 8.29. The fourth-order valence-electron chi connectivity index (χ4n) is 3.19. The number of likely N-dealkylation sites (tertiary alicyclic amines) is 1. The molecule has 1 aliphatic rings. The van der Waals surface area contributed by atoms with E-state index in [0.29, 0.717) is 0 Å². The first-order chi connectivity index (χ1) is 14.5. The van der Waals surface area contributed by atoms with Gasteiger partial charge in [0.15, 0.2) is 13.2 Å². The summed E-state index contributed by atoms with van der Waals surface area (Å²) in [6, 6.07) is 5.63. The number of ether oxygens (including phenoxy) is 2. The second-order valence-corrected chi connectivity index (χ2v) is 7.67. The maximum Gasteiger partial charge on any atom is 0.422 e. The van der Waals surface area contributed by atoms with Crippen LogP contribution < -0.4 is 5.32 Å². The molecule has 10 heteroatoms. The lowest BCUT2D eigenvalue weighted by atomic mass is 9.97. The van der Waals surface area contributed by atoms with E-state index < -0.39 is 43.3 Å². The molecular weight excluding hydrogens is 417 g/mol. The summed E-state index contributed by atoms with van der Waals surface area (Å²) in [6.07, 6.45) is -5.21. The van der Waals surface area contributed by atoms with Crippen LogP contribution in [0, 0.1) is 19.8 Å². The summed E-state index contributed by atoms with van der Waals surface area (Å²) in [5, 5.41) is 2.77. The van der Waals surface area contributed by atoms with Crippen molar-refractivity contribution in [2.75, 3.05) is 26.3 Å². The minimum Gasteiger partial charge on any atom is -0.455 e. The van der Waals surface area contributed by atoms with E-state index in [9.17, 15) is 27.6 Å². The van der Waals surface area contributed by atoms with Gasteiger partial charge in [-0.2, -0.15) is 13.2 Å². The van der Waals surface area contributed by atoms with E-state index in [1.165, 1.54) is 0 Å². The Morgan fingerprint density at radius 1 is 1.13 bits per heavy atom. The van der Waals surface area contributed by atoms with Gasteiger partial charge in [-0.1, -0.05) is 18.2 Å². The number of halogens is 3. The van der Waals surface area contributed by atoms with Gasteiger partial charge in [-0.05, 0) is 50.3 Å². The number of hydrogen-bond acceptors (Lipinski definition) is 5. The highest BCUT2D eigenvalue weighted by Gasteiger charge is 2.33. The molecule has 1 saturated heterocycles. The van der Waals surface area contributed by atoms with Gasteiger partial charge in [0.2, 0.25) is 0 Å². The molecule has 1 N–H and O–H groups in total. The molecule has 0 aromatic heterocycles. The molecule has 1 atom stereocenters. The largest absolute Gasteiger partial charge is 0.455 e. The molecular formula is C21H27F3N2O5. The van der Waals surface area contributed by atoms with Crippen molar-refractivity contribution in [1.29, 1.82) is 0 Å². The molecule has 2 amide bonds. The summed E-state index contributed by atoms with van der Waals surface area (Å²) in [7, 11) is 0. The first kappa shape index (κ1) is 24.5. The molecule has 1 fully saturated rings. The van der Waals surface area contributed by atoms with Crippen molar-refractivity contribution in [3.8, 4) is 0 Å². The highest BCUT2D eigenvalue weighted by atomic mass is 19.4. The number of piperidine rings is 1. The lowest BCUT2D eigenvalue weighted by Gasteiger charge is -2.30. The molecule has 0 saturated carbocycles. The summed E-state index contributed by atoms with van der Waals surface area (Å²) < 4.78 is 45.6. The van der Waals surface area contributed by atoms with Crippen LogP contribution >= 0.6 is 0 Å². The average molecular weight is 444 g/mol. The highest BCUT2D eigenvalue weighted by molar-refractivity contribution is 5.81. The molecule has 1 aromatic carbocycles. The van der Waals surface area contributed by atoms with Gasteiger partial charge < -0.3 is 19.7 Å². The second-order valence-electron chi connectivity index (χ2n) is 7.67. The van der Waals surface area contributed by atoms with Crippen LogP contribution in [0.4, 0.5) is 18.0 Å². The molecule has 1 heterocycles. The minimum absolute atomic E-state index is 0.0759. The zero-order valence-corrected chi connectivity index (χ0v) is 17.8. The Morgan fingerprint density at radius 2 is 1.77 bits per heavy atom. The predicted molar refractivity (Wildman–Crippen MR) is 105 cm³/mol. The molecule has 0 spiro atoms. The molecule has 0 aliphatic carbocycles. The lowest BCUT2D eigenvalue weighted by Crippen LogP contribution is -2.42. The normalized spacial score (nSPS) is 15.9. The first-order valence-electron chi connectivity index (χ1n) is 9.98. The number of benzene rings is 1. The second kappa shape index (κ2) is 10.5. The zero-order chi connectivity index (χ0) is 23.2. The molecule has 1 unspecified atom stereocenters. The van der Waals surface area contributed by atoms with Gasteiger partial charge in [0, 0.05) is 13.1 Å². The van der Waals surface area contributed by atoms with Crippen molar-refractivity contribution in [1.82, 2.24) is 10.2 Å². The third kappa shape index (κ3) is 7.76. The first-order valence-corrected chi connectivity index (χ1v) is 9.98. The van der Waals surface area contributed by atoms with Gasteiger partial charge >= 0.3 is 18.2 Å². The number of carbonyl (C=O) groups is 3. The Balaban J connectivity index is 1.72. The van der Waals surface area contributed by atoms with Crippen LogP contribution in [0.15, 0.2) is 18.2 Å². The van der Waals surface area contributed by atoms with Crippen LogP contribution in [0.1, 0.15) is 42.5 Å². The standard InChI is InChI=1S/C21H27F3N2O5/c1-13-4-5-17(10-14(13)2)15(3)25-18(27)11-30-19(28)16-6-8-26(9-7-16)20(29)31-12-21(22,23)24/h4-5,10,15-16H,6-9,11-12H2,1-3H3,(H,25,27). The maximum atomic E-state index is 12.2. The number of nitrogens with zero attached hydrogens (tertiary/aromatic N) is 1. The van der Waals surface area contributed by atoms with E-state index in [4.69, 9.17) is 4.74 Å². The topological polar surface area (TPSA) is 84.9 Å². The number of hydrogen-bond donors (Lipinski definition) is 1.